The number of hydrogen-bond acceptors (Lipinski definition) is 3. The van der Waals surface area contributed by atoms with Crippen molar-refractivity contribution in [2.24, 2.45) is 0 Å². The number of hydrogen-bond donors (Lipinski definition) is 2. The fourth-order valence-corrected chi connectivity index (χ4v) is 1.28. The largest absolute Gasteiger partial charge is 0.397 e. The van der Waals surface area contributed by atoms with Crippen molar-refractivity contribution in [3.63, 3.8) is 0 Å². The molecule has 2 rings (SSSR count). The number of benzene rings is 1. The highest BCUT2D eigenvalue weighted by Gasteiger charge is 2.04. The van der Waals surface area contributed by atoms with E-state index in [0.29, 0.717) is 11.4 Å². The van der Waals surface area contributed by atoms with Gasteiger partial charge in [0, 0.05) is 0 Å². The fourth-order valence-electron chi connectivity index (χ4n) is 1.28. The first-order chi connectivity index (χ1) is 6.68. The molecule has 0 amide bonds. The molecule has 72 valence electrons. The van der Waals surface area contributed by atoms with Crippen LogP contribution in [-0.2, 0) is 0 Å². The summed E-state index contributed by atoms with van der Waals surface area (Å²) in [6, 6.07) is 5.50. The van der Waals surface area contributed by atoms with Crippen LogP contribution in [0.3, 0.4) is 0 Å². The Balaban J connectivity index is 2.68. The van der Waals surface area contributed by atoms with Gasteiger partial charge in [-0.05, 0) is 24.6 Å². The minimum atomic E-state index is -0.290. The zero-order chi connectivity index (χ0) is 10.1. The van der Waals surface area contributed by atoms with Crippen LogP contribution in [-0.4, -0.2) is 14.8 Å². The van der Waals surface area contributed by atoms with E-state index in [-0.39, 0.29) is 5.69 Å². The molecule has 2 aromatic rings. The number of nitrogens with zero attached hydrogens (tertiary/aromatic N) is 2. The third-order valence-corrected chi connectivity index (χ3v) is 2.00. The van der Waals surface area contributed by atoms with Gasteiger partial charge in [0.15, 0.2) is 0 Å². The highest BCUT2D eigenvalue weighted by Crippen LogP contribution is 2.16. The topological polar surface area (TPSA) is 76.7 Å². The number of nitrogens with two attached hydrogens (primary N) is 1. The van der Waals surface area contributed by atoms with E-state index in [1.165, 1.54) is 10.9 Å². The molecule has 0 aliphatic rings. The Morgan fingerprint density at radius 1 is 1.50 bits per heavy atom. The van der Waals surface area contributed by atoms with Crippen molar-refractivity contribution in [1.29, 1.82) is 0 Å². The Hall–Kier alpha value is -2.04. The molecule has 1 heterocycles. The highest BCUT2D eigenvalue weighted by molar-refractivity contribution is 5.58. The van der Waals surface area contributed by atoms with Gasteiger partial charge < -0.3 is 5.73 Å². The second kappa shape index (κ2) is 3.02. The van der Waals surface area contributed by atoms with Gasteiger partial charge >= 0.3 is 5.69 Å². The lowest BCUT2D eigenvalue weighted by Crippen LogP contribution is -2.15. The molecule has 1 aromatic carbocycles. The van der Waals surface area contributed by atoms with Gasteiger partial charge in [-0.1, -0.05) is 6.07 Å². The lowest BCUT2D eigenvalue weighted by atomic mass is 10.2. The van der Waals surface area contributed by atoms with Gasteiger partial charge in [-0.2, -0.15) is 5.10 Å². The van der Waals surface area contributed by atoms with Crippen LogP contribution >= 0.6 is 0 Å². The number of aromatic amines is 1. The van der Waals surface area contributed by atoms with Crippen molar-refractivity contribution in [1.82, 2.24) is 14.8 Å². The molecule has 0 spiro atoms. The van der Waals surface area contributed by atoms with Crippen molar-refractivity contribution >= 4 is 5.69 Å². The summed E-state index contributed by atoms with van der Waals surface area (Å²) >= 11 is 0. The summed E-state index contributed by atoms with van der Waals surface area (Å²) in [6.07, 6.45) is 1.41. The first kappa shape index (κ1) is 8.55. The van der Waals surface area contributed by atoms with Gasteiger partial charge in [-0.15, -0.1) is 0 Å². The van der Waals surface area contributed by atoms with E-state index in [1.54, 1.807) is 6.07 Å². The predicted octanol–water partition coefficient (Wildman–Crippen LogP) is 0.451. The molecule has 14 heavy (non-hydrogen) atoms. The molecular formula is C9H10N4O. The summed E-state index contributed by atoms with van der Waals surface area (Å²) in [4.78, 5) is 11.3. The van der Waals surface area contributed by atoms with Crippen LogP contribution in [0.1, 0.15) is 5.56 Å². The first-order valence-electron chi connectivity index (χ1n) is 4.17. The number of anilines is 1. The molecule has 0 saturated heterocycles. The van der Waals surface area contributed by atoms with Crippen LogP contribution in [0, 0.1) is 6.92 Å². The molecule has 0 bridgehead atoms. The Kier molecular flexibility index (Phi) is 1.85. The quantitative estimate of drug-likeness (QED) is 0.641. The van der Waals surface area contributed by atoms with E-state index in [1.807, 2.05) is 19.1 Å². The molecule has 5 nitrogen and oxygen atoms in total. The van der Waals surface area contributed by atoms with Crippen LogP contribution in [0.4, 0.5) is 5.69 Å². The van der Waals surface area contributed by atoms with Gasteiger partial charge in [-0.3, -0.25) is 0 Å². The van der Waals surface area contributed by atoms with Gasteiger partial charge in [0.25, 0.3) is 0 Å². The second-order valence-corrected chi connectivity index (χ2v) is 3.09. The summed E-state index contributed by atoms with van der Waals surface area (Å²) in [5, 5.41) is 5.95. The van der Waals surface area contributed by atoms with E-state index in [4.69, 9.17) is 5.73 Å². The summed E-state index contributed by atoms with van der Waals surface area (Å²) in [5.41, 5.74) is 7.71. The molecule has 5 heteroatoms. The van der Waals surface area contributed by atoms with E-state index in [0.717, 1.165) is 5.56 Å². The average Bonchev–Trinajstić information content (AvgIpc) is 2.56. The summed E-state index contributed by atoms with van der Waals surface area (Å²) in [5.74, 6) is 0. The standard InChI is InChI=1S/C9H10N4O/c1-6-2-3-7(10)8(4-6)13-5-11-12-9(13)14/h2-5H,10H2,1H3,(H,12,14). The normalized spacial score (nSPS) is 10.4. The lowest BCUT2D eigenvalue weighted by Gasteiger charge is -2.05. The third-order valence-electron chi connectivity index (χ3n) is 2.00. The average molecular weight is 190 g/mol. The predicted molar refractivity (Wildman–Crippen MR) is 53.3 cm³/mol. The van der Waals surface area contributed by atoms with Crippen LogP contribution in [0.2, 0.25) is 0 Å². The lowest BCUT2D eigenvalue weighted by molar-refractivity contribution is 0.983. The van der Waals surface area contributed by atoms with Crippen molar-refractivity contribution in [2.45, 2.75) is 6.92 Å². The maximum absolute atomic E-state index is 11.3. The van der Waals surface area contributed by atoms with Crippen LogP contribution in [0.5, 0.6) is 0 Å². The maximum Gasteiger partial charge on any atom is 0.347 e. The van der Waals surface area contributed by atoms with Crippen molar-refractivity contribution < 1.29 is 0 Å². The number of rotatable bonds is 1. The van der Waals surface area contributed by atoms with E-state index in [2.05, 4.69) is 10.2 Å². The van der Waals surface area contributed by atoms with Crippen molar-refractivity contribution in [3.8, 4) is 5.69 Å². The summed E-state index contributed by atoms with van der Waals surface area (Å²) in [7, 11) is 0. The Morgan fingerprint density at radius 3 is 2.93 bits per heavy atom. The molecule has 0 fully saturated rings. The molecule has 0 atom stereocenters. The van der Waals surface area contributed by atoms with Crippen LogP contribution in [0.25, 0.3) is 5.69 Å². The van der Waals surface area contributed by atoms with Crippen molar-refractivity contribution in [2.75, 3.05) is 5.73 Å². The minimum Gasteiger partial charge on any atom is -0.397 e. The molecular weight excluding hydrogens is 180 g/mol. The monoisotopic (exact) mass is 190 g/mol. The molecule has 3 N–H and O–H groups in total. The highest BCUT2D eigenvalue weighted by atomic mass is 16.1. The number of nitrogens with one attached hydrogen (secondary N) is 1. The Morgan fingerprint density at radius 2 is 2.29 bits per heavy atom. The van der Waals surface area contributed by atoms with Crippen LogP contribution < -0.4 is 11.4 Å². The van der Waals surface area contributed by atoms with E-state index >= 15 is 0 Å². The van der Waals surface area contributed by atoms with E-state index in [9.17, 15) is 4.79 Å². The molecule has 0 saturated carbocycles. The Bertz CT molecular complexity index is 512. The molecule has 1 aromatic heterocycles. The van der Waals surface area contributed by atoms with E-state index < -0.39 is 0 Å². The Labute approximate surface area is 80.2 Å². The van der Waals surface area contributed by atoms with Gasteiger partial charge in [0.1, 0.15) is 6.33 Å². The molecule has 0 unspecified atom stereocenters. The summed E-state index contributed by atoms with van der Waals surface area (Å²) in [6.45, 7) is 1.94. The van der Waals surface area contributed by atoms with Gasteiger partial charge in [-0.25, -0.2) is 14.5 Å². The smallest absolute Gasteiger partial charge is 0.347 e. The van der Waals surface area contributed by atoms with Gasteiger partial charge in [0.05, 0.1) is 11.4 Å². The third kappa shape index (κ3) is 1.28. The van der Waals surface area contributed by atoms with Crippen LogP contribution in [0.15, 0.2) is 29.3 Å². The number of H-pyrrole nitrogens is 1. The minimum absolute atomic E-state index is 0.290. The molecule has 0 radical (unpaired) electrons. The summed E-state index contributed by atoms with van der Waals surface area (Å²) < 4.78 is 1.38. The second-order valence-electron chi connectivity index (χ2n) is 3.09. The van der Waals surface area contributed by atoms with Crippen molar-refractivity contribution in [3.05, 3.63) is 40.6 Å². The number of aromatic nitrogens is 3. The molecule has 0 aliphatic carbocycles. The zero-order valence-corrected chi connectivity index (χ0v) is 7.69. The fraction of sp³-hybridized carbons (Fsp3) is 0.111. The molecule has 0 aliphatic heterocycles. The zero-order valence-electron chi connectivity index (χ0n) is 7.69. The first-order valence-corrected chi connectivity index (χ1v) is 4.17. The number of nitrogen functional groups attached to an aromatic ring is 1. The maximum atomic E-state index is 11.3. The number of aryl methyl sites for hydroxylation is 1. The van der Waals surface area contributed by atoms with Gasteiger partial charge in [0.2, 0.25) is 0 Å². The SMILES string of the molecule is Cc1ccc(N)c(-n2cn[nH]c2=O)c1.